The fraction of sp³-hybridized carbons (Fsp3) is 0.500. The molecule has 4 nitrogen and oxygen atoms in total. The molecule has 0 saturated carbocycles. The molecule has 19 heavy (non-hydrogen) atoms. The van der Waals surface area contributed by atoms with Crippen LogP contribution in [0.4, 0.5) is 4.39 Å². The van der Waals surface area contributed by atoms with E-state index >= 15 is 0 Å². The van der Waals surface area contributed by atoms with Gasteiger partial charge in [0.1, 0.15) is 11.6 Å². The SMILES string of the molecule is CCCCNC(=O)COc1ccc([C@H](C)O)c(F)c1. The van der Waals surface area contributed by atoms with Gasteiger partial charge in [0.2, 0.25) is 0 Å². The predicted molar refractivity (Wildman–Crippen MR) is 70.4 cm³/mol. The molecule has 106 valence electrons. The third-order valence-electron chi connectivity index (χ3n) is 2.64. The van der Waals surface area contributed by atoms with Gasteiger partial charge >= 0.3 is 0 Å². The van der Waals surface area contributed by atoms with Crippen molar-refractivity contribution < 1.29 is 19.0 Å². The summed E-state index contributed by atoms with van der Waals surface area (Å²) >= 11 is 0. The number of nitrogens with one attached hydrogen (secondary N) is 1. The minimum absolute atomic E-state index is 0.142. The summed E-state index contributed by atoms with van der Waals surface area (Å²) < 4.78 is 18.7. The summed E-state index contributed by atoms with van der Waals surface area (Å²) in [7, 11) is 0. The number of carbonyl (C=O) groups excluding carboxylic acids is 1. The highest BCUT2D eigenvalue weighted by molar-refractivity contribution is 5.77. The molecule has 5 heteroatoms. The number of benzene rings is 1. The van der Waals surface area contributed by atoms with Gasteiger partial charge in [0, 0.05) is 18.2 Å². The lowest BCUT2D eigenvalue weighted by Crippen LogP contribution is -2.29. The van der Waals surface area contributed by atoms with Gasteiger partial charge in [0.15, 0.2) is 6.61 Å². The largest absolute Gasteiger partial charge is 0.484 e. The fourth-order valence-corrected chi connectivity index (χ4v) is 1.54. The molecule has 0 spiro atoms. The molecule has 1 amide bonds. The molecule has 0 aliphatic carbocycles. The Morgan fingerprint density at radius 3 is 2.84 bits per heavy atom. The van der Waals surface area contributed by atoms with Crippen LogP contribution in [0, 0.1) is 5.82 Å². The van der Waals surface area contributed by atoms with Gasteiger partial charge in [0.25, 0.3) is 5.91 Å². The van der Waals surface area contributed by atoms with Crippen LogP contribution in [0.25, 0.3) is 0 Å². The summed E-state index contributed by atoms with van der Waals surface area (Å²) in [4.78, 5) is 11.4. The van der Waals surface area contributed by atoms with Crippen LogP contribution in [0.15, 0.2) is 18.2 Å². The second-order valence-corrected chi connectivity index (χ2v) is 4.35. The Kier molecular flexibility index (Phi) is 6.29. The van der Waals surface area contributed by atoms with E-state index in [1.807, 2.05) is 6.92 Å². The second kappa shape index (κ2) is 7.74. The average molecular weight is 269 g/mol. The Hall–Kier alpha value is -1.62. The fourth-order valence-electron chi connectivity index (χ4n) is 1.54. The number of unbranched alkanes of at least 4 members (excludes halogenated alkanes) is 1. The van der Waals surface area contributed by atoms with Crippen LogP contribution in [0.3, 0.4) is 0 Å². The smallest absolute Gasteiger partial charge is 0.257 e. The molecule has 1 aromatic carbocycles. The molecule has 0 aliphatic heterocycles. The third kappa shape index (κ3) is 5.26. The first-order valence-electron chi connectivity index (χ1n) is 6.41. The van der Waals surface area contributed by atoms with Crippen molar-refractivity contribution in [2.24, 2.45) is 0 Å². The normalized spacial score (nSPS) is 12.0. The Morgan fingerprint density at radius 2 is 2.26 bits per heavy atom. The van der Waals surface area contributed by atoms with E-state index in [0.29, 0.717) is 6.54 Å². The highest BCUT2D eigenvalue weighted by Gasteiger charge is 2.09. The lowest BCUT2D eigenvalue weighted by atomic mass is 10.1. The number of aliphatic hydroxyl groups is 1. The highest BCUT2D eigenvalue weighted by Crippen LogP contribution is 2.21. The first kappa shape index (κ1) is 15.4. The van der Waals surface area contributed by atoms with Gasteiger partial charge in [-0.2, -0.15) is 0 Å². The van der Waals surface area contributed by atoms with Gasteiger partial charge in [-0.3, -0.25) is 4.79 Å². The lowest BCUT2D eigenvalue weighted by Gasteiger charge is -2.10. The summed E-state index contributed by atoms with van der Waals surface area (Å²) in [5.74, 6) is -0.500. The highest BCUT2D eigenvalue weighted by atomic mass is 19.1. The number of hydrogen-bond acceptors (Lipinski definition) is 3. The van der Waals surface area contributed by atoms with E-state index in [9.17, 15) is 14.3 Å². The summed E-state index contributed by atoms with van der Waals surface area (Å²) in [6.07, 6.45) is 1.06. The van der Waals surface area contributed by atoms with E-state index in [1.54, 1.807) is 0 Å². The van der Waals surface area contributed by atoms with E-state index in [2.05, 4.69) is 5.32 Å². The number of hydrogen-bond donors (Lipinski definition) is 2. The third-order valence-corrected chi connectivity index (χ3v) is 2.64. The maximum Gasteiger partial charge on any atom is 0.257 e. The summed E-state index contributed by atoms with van der Waals surface area (Å²) in [5, 5.41) is 12.0. The number of carbonyl (C=O) groups is 1. The van der Waals surface area contributed by atoms with Crippen LogP contribution in [0.1, 0.15) is 38.4 Å². The molecule has 1 atom stereocenters. The van der Waals surface area contributed by atoms with Crippen LogP contribution in [-0.4, -0.2) is 24.2 Å². The Morgan fingerprint density at radius 1 is 1.53 bits per heavy atom. The minimum atomic E-state index is -0.869. The Balaban J connectivity index is 2.45. The average Bonchev–Trinajstić information content (AvgIpc) is 2.36. The molecule has 2 N–H and O–H groups in total. The van der Waals surface area contributed by atoms with E-state index in [1.165, 1.54) is 25.1 Å². The van der Waals surface area contributed by atoms with E-state index in [0.717, 1.165) is 12.8 Å². The molecule has 0 aromatic heterocycles. The van der Waals surface area contributed by atoms with Crippen LogP contribution in [-0.2, 0) is 4.79 Å². The zero-order valence-electron chi connectivity index (χ0n) is 11.3. The molecule has 0 saturated heterocycles. The zero-order valence-corrected chi connectivity index (χ0v) is 11.3. The van der Waals surface area contributed by atoms with Gasteiger partial charge in [-0.1, -0.05) is 13.3 Å². The number of halogens is 1. The first-order valence-corrected chi connectivity index (χ1v) is 6.41. The monoisotopic (exact) mass is 269 g/mol. The Labute approximate surface area is 112 Å². The molecule has 0 bridgehead atoms. The molecule has 0 aliphatic rings. The van der Waals surface area contributed by atoms with Crippen molar-refractivity contribution in [2.75, 3.05) is 13.2 Å². The lowest BCUT2D eigenvalue weighted by molar-refractivity contribution is -0.123. The topological polar surface area (TPSA) is 58.6 Å². The van der Waals surface area contributed by atoms with Crippen molar-refractivity contribution in [2.45, 2.75) is 32.8 Å². The van der Waals surface area contributed by atoms with Crippen molar-refractivity contribution in [1.82, 2.24) is 5.32 Å². The summed E-state index contributed by atoms with van der Waals surface area (Å²) in [6.45, 7) is 4.00. The number of amides is 1. The van der Waals surface area contributed by atoms with Crippen LogP contribution < -0.4 is 10.1 Å². The molecule has 0 radical (unpaired) electrons. The van der Waals surface area contributed by atoms with E-state index < -0.39 is 11.9 Å². The summed E-state index contributed by atoms with van der Waals surface area (Å²) in [5.41, 5.74) is 0.208. The number of rotatable bonds is 7. The number of aliphatic hydroxyl groups excluding tert-OH is 1. The molecule has 0 heterocycles. The van der Waals surface area contributed by atoms with Gasteiger partial charge in [-0.05, 0) is 25.5 Å². The quantitative estimate of drug-likeness (QED) is 0.746. The second-order valence-electron chi connectivity index (χ2n) is 4.35. The Bertz CT molecular complexity index is 421. The summed E-state index contributed by atoms with van der Waals surface area (Å²) in [6, 6.07) is 4.15. The van der Waals surface area contributed by atoms with Crippen LogP contribution >= 0.6 is 0 Å². The predicted octanol–water partition coefficient (Wildman–Crippen LogP) is 2.17. The molecular formula is C14H20FNO3. The molecular weight excluding hydrogens is 249 g/mol. The van der Waals surface area contributed by atoms with Crippen LogP contribution in [0.5, 0.6) is 5.75 Å². The maximum atomic E-state index is 13.5. The van der Waals surface area contributed by atoms with Gasteiger partial charge in [0.05, 0.1) is 6.10 Å². The van der Waals surface area contributed by atoms with Crippen molar-refractivity contribution in [3.05, 3.63) is 29.6 Å². The maximum absolute atomic E-state index is 13.5. The van der Waals surface area contributed by atoms with Crippen molar-refractivity contribution in [1.29, 1.82) is 0 Å². The molecule has 1 aromatic rings. The van der Waals surface area contributed by atoms with Crippen molar-refractivity contribution >= 4 is 5.91 Å². The van der Waals surface area contributed by atoms with Crippen LogP contribution in [0.2, 0.25) is 0 Å². The van der Waals surface area contributed by atoms with Gasteiger partial charge in [-0.25, -0.2) is 4.39 Å². The molecule has 1 rings (SSSR count). The van der Waals surface area contributed by atoms with E-state index in [-0.39, 0.29) is 23.8 Å². The molecule has 0 fully saturated rings. The number of ether oxygens (including phenoxy) is 1. The van der Waals surface area contributed by atoms with E-state index in [4.69, 9.17) is 4.74 Å². The first-order chi connectivity index (χ1) is 9.04. The van der Waals surface area contributed by atoms with Gasteiger partial charge in [-0.15, -0.1) is 0 Å². The van der Waals surface area contributed by atoms with Gasteiger partial charge < -0.3 is 15.2 Å². The molecule has 0 unspecified atom stereocenters. The standard InChI is InChI=1S/C14H20FNO3/c1-3-4-7-16-14(18)9-19-11-5-6-12(10(2)17)13(15)8-11/h5-6,8,10,17H,3-4,7,9H2,1-2H3,(H,16,18)/t10-/m0/s1. The zero-order chi connectivity index (χ0) is 14.3. The van der Waals surface area contributed by atoms with Crippen molar-refractivity contribution in [3.63, 3.8) is 0 Å². The van der Waals surface area contributed by atoms with Crippen molar-refractivity contribution in [3.8, 4) is 5.75 Å². The minimum Gasteiger partial charge on any atom is -0.484 e.